The van der Waals surface area contributed by atoms with E-state index in [9.17, 15) is 9.18 Å². The highest BCUT2D eigenvalue weighted by atomic mass is 19.1. The molecular formula is C16H22FNO3. The van der Waals surface area contributed by atoms with Crippen molar-refractivity contribution in [2.75, 3.05) is 13.7 Å². The Balaban J connectivity index is 2.39. The molecule has 116 valence electrons. The van der Waals surface area contributed by atoms with Crippen LogP contribution in [0.1, 0.15) is 32.8 Å². The van der Waals surface area contributed by atoms with E-state index in [0.29, 0.717) is 24.3 Å². The van der Waals surface area contributed by atoms with Crippen LogP contribution in [-0.2, 0) is 4.74 Å². The van der Waals surface area contributed by atoms with Crippen LogP contribution in [0, 0.1) is 5.82 Å². The summed E-state index contributed by atoms with van der Waals surface area (Å²) in [5, 5.41) is 2.65. The van der Waals surface area contributed by atoms with Crippen LogP contribution in [0.3, 0.4) is 0 Å². The van der Waals surface area contributed by atoms with Crippen LogP contribution in [0.4, 0.5) is 9.18 Å². The Bertz CT molecular complexity index is 507. The summed E-state index contributed by atoms with van der Waals surface area (Å²) < 4.78 is 23.4. The maximum absolute atomic E-state index is 13.3. The first-order chi connectivity index (χ1) is 9.80. The van der Waals surface area contributed by atoms with E-state index < -0.39 is 11.7 Å². The van der Waals surface area contributed by atoms with Crippen molar-refractivity contribution in [3.05, 3.63) is 35.7 Å². The molecule has 1 rings (SSSR count). The van der Waals surface area contributed by atoms with Crippen molar-refractivity contribution in [2.45, 2.75) is 32.8 Å². The maximum Gasteiger partial charge on any atom is 0.407 e. The molecule has 1 N–H and O–H groups in total. The lowest BCUT2D eigenvalue weighted by atomic mass is 10.2. The van der Waals surface area contributed by atoms with Gasteiger partial charge in [-0.25, -0.2) is 9.18 Å². The van der Waals surface area contributed by atoms with Gasteiger partial charge in [-0.15, -0.1) is 0 Å². The molecule has 0 atom stereocenters. The number of benzene rings is 1. The van der Waals surface area contributed by atoms with Gasteiger partial charge in [0.1, 0.15) is 17.2 Å². The lowest BCUT2D eigenvalue weighted by Gasteiger charge is -2.19. The summed E-state index contributed by atoms with van der Waals surface area (Å²) in [6.07, 6.45) is 3.81. The van der Waals surface area contributed by atoms with Gasteiger partial charge in [-0.2, -0.15) is 0 Å². The number of methoxy groups -OCH3 is 1. The van der Waals surface area contributed by atoms with Gasteiger partial charge >= 0.3 is 6.09 Å². The first-order valence-electron chi connectivity index (χ1n) is 6.78. The zero-order chi connectivity index (χ0) is 15.9. The molecule has 0 spiro atoms. The standard InChI is InChI=1S/C16H22FNO3/c1-16(2,3)21-15(19)18-8-6-5-7-12-9-13(17)11-14(10-12)20-4/h5,7,9-11H,6,8H2,1-4H3,(H,18,19). The quantitative estimate of drug-likeness (QED) is 0.841. The van der Waals surface area contributed by atoms with Crippen molar-refractivity contribution in [1.82, 2.24) is 5.32 Å². The number of hydrogen-bond donors (Lipinski definition) is 1. The molecule has 1 amide bonds. The first-order valence-corrected chi connectivity index (χ1v) is 6.78. The molecule has 0 aliphatic rings. The molecule has 21 heavy (non-hydrogen) atoms. The van der Waals surface area contributed by atoms with E-state index in [1.165, 1.54) is 19.2 Å². The third kappa shape index (κ3) is 7.34. The molecule has 0 fully saturated rings. The molecule has 0 aliphatic carbocycles. The Morgan fingerprint density at radius 2 is 2.05 bits per heavy atom. The molecule has 1 aromatic rings. The normalized spacial score (nSPS) is 11.5. The minimum atomic E-state index is -0.502. The molecule has 0 aliphatic heterocycles. The molecule has 1 aromatic carbocycles. The Morgan fingerprint density at radius 3 is 2.67 bits per heavy atom. The highest BCUT2D eigenvalue weighted by Gasteiger charge is 2.15. The van der Waals surface area contributed by atoms with Gasteiger partial charge in [-0.3, -0.25) is 0 Å². The van der Waals surface area contributed by atoms with Gasteiger partial charge < -0.3 is 14.8 Å². The zero-order valence-electron chi connectivity index (χ0n) is 12.9. The minimum Gasteiger partial charge on any atom is -0.497 e. The second-order valence-electron chi connectivity index (χ2n) is 5.54. The molecule has 0 aromatic heterocycles. The Labute approximate surface area is 124 Å². The third-order valence-corrected chi connectivity index (χ3v) is 2.42. The van der Waals surface area contributed by atoms with Gasteiger partial charge in [0.2, 0.25) is 0 Å². The number of rotatable bonds is 5. The Kier molecular flexibility index (Phi) is 6.21. The topological polar surface area (TPSA) is 47.6 Å². The molecule has 0 radical (unpaired) electrons. The summed E-state index contributed by atoms with van der Waals surface area (Å²) in [6.45, 7) is 5.88. The average Bonchev–Trinajstić information content (AvgIpc) is 2.35. The van der Waals surface area contributed by atoms with Gasteiger partial charge in [0, 0.05) is 12.6 Å². The molecule has 0 unspecified atom stereocenters. The minimum absolute atomic E-state index is 0.346. The number of carbonyl (C=O) groups excluding carboxylic acids is 1. The maximum atomic E-state index is 13.3. The summed E-state index contributed by atoms with van der Waals surface area (Å²) in [5.74, 6) is 0.127. The van der Waals surface area contributed by atoms with Crippen LogP contribution >= 0.6 is 0 Å². The number of halogens is 1. The second-order valence-corrected chi connectivity index (χ2v) is 5.54. The molecule has 0 saturated heterocycles. The SMILES string of the molecule is COc1cc(F)cc(C=CCCNC(=O)OC(C)(C)C)c1. The Hall–Kier alpha value is -2.04. The van der Waals surface area contributed by atoms with E-state index in [0.717, 1.165) is 0 Å². The molecule has 0 saturated carbocycles. The molecule has 0 heterocycles. The van der Waals surface area contributed by atoms with Crippen molar-refractivity contribution in [3.8, 4) is 5.75 Å². The summed E-state index contributed by atoms with van der Waals surface area (Å²) in [7, 11) is 1.49. The van der Waals surface area contributed by atoms with Crippen molar-refractivity contribution >= 4 is 12.2 Å². The second kappa shape index (κ2) is 7.67. The van der Waals surface area contributed by atoms with Crippen molar-refractivity contribution in [3.63, 3.8) is 0 Å². The van der Waals surface area contributed by atoms with Crippen molar-refractivity contribution in [1.29, 1.82) is 0 Å². The summed E-state index contributed by atoms with van der Waals surface area (Å²) in [6, 6.07) is 4.47. The van der Waals surface area contributed by atoms with E-state index in [1.54, 1.807) is 12.1 Å². The fraction of sp³-hybridized carbons (Fsp3) is 0.438. The third-order valence-electron chi connectivity index (χ3n) is 2.42. The first kappa shape index (κ1) is 17.0. The van der Waals surface area contributed by atoms with Gasteiger partial charge in [0.15, 0.2) is 0 Å². The highest BCUT2D eigenvalue weighted by Crippen LogP contribution is 2.17. The number of alkyl carbamates (subject to hydrolysis) is 1. The van der Waals surface area contributed by atoms with Crippen LogP contribution in [0.2, 0.25) is 0 Å². The summed E-state index contributed by atoms with van der Waals surface area (Å²) >= 11 is 0. The number of ether oxygens (including phenoxy) is 2. The number of nitrogens with one attached hydrogen (secondary N) is 1. The van der Waals surface area contributed by atoms with Crippen molar-refractivity contribution in [2.24, 2.45) is 0 Å². The summed E-state index contributed by atoms with van der Waals surface area (Å²) in [4.78, 5) is 11.4. The van der Waals surface area contributed by atoms with Crippen LogP contribution in [0.25, 0.3) is 6.08 Å². The van der Waals surface area contributed by atoms with Crippen LogP contribution in [0.5, 0.6) is 5.75 Å². The fourth-order valence-electron chi connectivity index (χ4n) is 1.59. The molecule has 4 nitrogen and oxygen atoms in total. The van der Waals surface area contributed by atoms with Gasteiger partial charge in [-0.05, 0) is 44.9 Å². The number of amides is 1. The predicted molar refractivity (Wildman–Crippen MR) is 80.8 cm³/mol. The largest absolute Gasteiger partial charge is 0.497 e. The fourth-order valence-corrected chi connectivity index (χ4v) is 1.59. The average molecular weight is 295 g/mol. The molecule has 5 heteroatoms. The van der Waals surface area contributed by atoms with Crippen LogP contribution in [0.15, 0.2) is 24.3 Å². The number of hydrogen-bond acceptors (Lipinski definition) is 3. The van der Waals surface area contributed by atoms with E-state index in [4.69, 9.17) is 9.47 Å². The molecule has 0 bridgehead atoms. The lowest BCUT2D eigenvalue weighted by molar-refractivity contribution is 0.0529. The van der Waals surface area contributed by atoms with Crippen LogP contribution < -0.4 is 10.1 Å². The smallest absolute Gasteiger partial charge is 0.407 e. The van der Waals surface area contributed by atoms with E-state index in [2.05, 4.69) is 5.32 Å². The van der Waals surface area contributed by atoms with Gasteiger partial charge in [0.25, 0.3) is 0 Å². The van der Waals surface area contributed by atoms with Crippen LogP contribution in [-0.4, -0.2) is 25.3 Å². The number of carbonyl (C=O) groups is 1. The van der Waals surface area contributed by atoms with Crippen molar-refractivity contribution < 1.29 is 18.7 Å². The highest BCUT2D eigenvalue weighted by molar-refractivity contribution is 5.67. The van der Waals surface area contributed by atoms with E-state index in [-0.39, 0.29) is 5.82 Å². The zero-order valence-corrected chi connectivity index (χ0v) is 12.9. The Morgan fingerprint density at radius 1 is 1.33 bits per heavy atom. The van der Waals surface area contributed by atoms with E-state index >= 15 is 0 Å². The van der Waals surface area contributed by atoms with Gasteiger partial charge in [0.05, 0.1) is 7.11 Å². The van der Waals surface area contributed by atoms with E-state index in [1.807, 2.05) is 26.8 Å². The molecular weight excluding hydrogens is 273 g/mol. The predicted octanol–water partition coefficient (Wildman–Crippen LogP) is 3.76. The lowest BCUT2D eigenvalue weighted by Crippen LogP contribution is -2.32. The monoisotopic (exact) mass is 295 g/mol. The van der Waals surface area contributed by atoms with Gasteiger partial charge in [-0.1, -0.05) is 12.2 Å². The summed E-state index contributed by atoms with van der Waals surface area (Å²) in [5.41, 5.74) is 0.210.